The van der Waals surface area contributed by atoms with Crippen LogP contribution in [0.15, 0.2) is 59.6 Å². The Morgan fingerprint density at radius 3 is 2.35 bits per heavy atom. The molecule has 0 fully saturated rings. The van der Waals surface area contributed by atoms with Gasteiger partial charge in [-0.25, -0.2) is 17.2 Å². The lowest BCUT2D eigenvalue weighted by molar-refractivity contribution is -0.136. The Hall–Kier alpha value is -2.55. The van der Waals surface area contributed by atoms with Gasteiger partial charge >= 0.3 is 5.97 Å². The van der Waals surface area contributed by atoms with Crippen LogP contribution in [0.4, 0.5) is 8.78 Å². The maximum absolute atomic E-state index is 14.7. The fraction of sp³-hybridized carbons (Fsp3) is 0.143. The molecular weight excluding hydrogens is 471 g/mol. The van der Waals surface area contributed by atoms with Gasteiger partial charge in [0, 0.05) is 28.9 Å². The molecule has 0 saturated carbocycles. The van der Waals surface area contributed by atoms with Gasteiger partial charge in [-0.15, -0.1) is 0 Å². The zero-order chi connectivity index (χ0) is 22.8. The van der Waals surface area contributed by atoms with E-state index in [0.717, 1.165) is 24.4 Å². The molecule has 31 heavy (non-hydrogen) atoms. The predicted molar refractivity (Wildman–Crippen MR) is 112 cm³/mol. The minimum Gasteiger partial charge on any atom is -0.481 e. The van der Waals surface area contributed by atoms with Gasteiger partial charge in [0.2, 0.25) is 0 Å². The summed E-state index contributed by atoms with van der Waals surface area (Å²) in [6.07, 6.45) is 0.908. The molecule has 5 nitrogen and oxygen atoms in total. The molecule has 1 unspecified atom stereocenters. The molecular formula is C21H15Cl2F2NO4S. The number of aliphatic carboxylic acids is 1. The minimum atomic E-state index is -4.33. The molecule has 3 aromatic rings. The van der Waals surface area contributed by atoms with E-state index in [4.69, 9.17) is 28.3 Å². The van der Waals surface area contributed by atoms with Gasteiger partial charge in [-0.2, -0.15) is 0 Å². The second kappa shape index (κ2) is 9.30. The van der Waals surface area contributed by atoms with Crippen LogP contribution in [0.5, 0.6) is 0 Å². The standard InChI is InChI=1S/C21H15Cl2F2NO4S/c22-12-1-5-15(6-2-12)31(29,30)21(17-9-13(24)3-7-19(17)25)16-10-14(4-8-20(27)28)26-11-18(16)23/h1-3,5-7,9-11,21H,4,8H2,(H,27,28). The number of aryl methyl sites for hydroxylation is 1. The number of halogens is 4. The van der Waals surface area contributed by atoms with Crippen LogP contribution < -0.4 is 0 Å². The van der Waals surface area contributed by atoms with Crippen LogP contribution in [0.3, 0.4) is 0 Å². The average Bonchev–Trinajstić information content (AvgIpc) is 2.71. The van der Waals surface area contributed by atoms with Gasteiger partial charge in [0.15, 0.2) is 9.84 Å². The monoisotopic (exact) mass is 485 g/mol. The Labute approximate surface area is 187 Å². The fourth-order valence-electron chi connectivity index (χ4n) is 3.05. The number of nitrogens with zero attached hydrogens (tertiary/aromatic N) is 1. The number of carbonyl (C=O) groups is 1. The summed E-state index contributed by atoms with van der Waals surface area (Å²) in [7, 11) is -4.33. The highest BCUT2D eigenvalue weighted by atomic mass is 35.5. The van der Waals surface area contributed by atoms with Crippen molar-refractivity contribution in [1.82, 2.24) is 4.98 Å². The van der Waals surface area contributed by atoms with Gasteiger partial charge < -0.3 is 5.11 Å². The van der Waals surface area contributed by atoms with Gasteiger partial charge in [-0.1, -0.05) is 23.2 Å². The third-order valence-corrected chi connectivity index (χ3v) is 7.14. The molecule has 0 radical (unpaired) electrons. The zero-order valence-corrected chi connectivity index (χ0v) is 18.1. The number of sulfone groups is 1. The van der Waals surface area contributed by atoms with E-state index >= 15 is 0 Å². The number of pyridine rings is 1. The van der Waals surface area contributed by atoms with Crippen LogP contribution in [-0.2, 0) is 21.1 Å². The lowest BCUT2D eigenvalue weighted by Crippen LogP contribution is -2.18. The van der Waals surface area contributed by atoms with Crippen molar-refractivity contribution >= 4 is 39.0 Å². The smallest absolute Gasteiger partial charge is 0.303 e. The van der Waals surface area contributed by atoms with Crippen molar-refractivity contribution in [2.45, 2.75) is 23.0 Å². The summed E-state index contributed by atoms with van der Waals surface area (Å²) in [6.45, 7) is 0. The van der Waals surface area contributed by atoms with Crippen LogP contribution in [0, 0.1) is 11.6 Å². The van der Waals surface area contributed by atoms with Gasteiger partial charge in [0.05, 0.1) is 16.3 Å². The molecule has 1 aromatic heterocycles. The molecule has 0 spiro atoms. The number of benzene rings is 2. The van der Waals surface area contributed by atoms with E-state index in [2.05, 4.69) is 4.98 Å². The molecule has 1 N–H and O–H groups in total. The Balaban J connectivity index is 2.24. The van der Waals surface area contributed by atoms with Gasteiger partial charge in [-0.05, 0) is 54.1 Å². The number of hydrogen-bond donors (Lipinski definition) is 1. The molecule has 0 aliphatic heterocycles. The van der Waals surface area contributed by atoms with Crippen LogP contribution >= 0.6 is 23.2 Å². The second-order valence-electron chi connectivity index (χ2n) is 6.64. The highest BCUT2D eigenvalue weighted by Gasteiger charge is 2.35. The summed E-state index contributed by atoms with van der Waals surface area (Å²) in [5.41, 5.74) is -0.237. The van der Waals surface area contributed by atoms with Crippen molar-refractivity contribution in [3.63, 3.8) is 0 Å². The number of hydrogen-bond acceptors (Lipinski definition) is 4. The third-order valence-electron chi connectivity index (χ3n) is 4.51. The van der Waals surface area contributed by atoms with E-state index in [-0.39, 0.29) is 34.0 Å². The van der Waals surface area contributed by atoms with E-state index in [1.165, 1.54) is 30.3 Å². The van der Waals surface area contributed by atoms with Crippen LogP contribution in [-0.4, -0.2) is 24.5 Å². The molecule has 1 heterocycles. The largest absolute Gasteiger partial charge is 0.481 e. The second-order valence-corrected chi connectivity index (χ2v) is 9.51. The van der Waals surface area contributed by atoms with Crippen molar-refractivity contribution in [3.8, 4) is 0 Å². The maximum atomic E-state index is 14.7. The zero-order valence-electron chi connectivity index (χ0n) is 15.7. The lowest BCUT2D eigenvalue weighted by atomic mass is 10.0. The average molecular weight is 486 g/mol. The van der Waals surface area contributed by atoms with E-state index < -0.39 is 38.3 Å². The number of carboxylic acids is 1. The summed E-state index contributed by atoms with van der Waals surface area (Å²) in [6, 6.07) is 9.02. The molecule has 0 aliphatic rings. The molecule has 0 bridgehead atoms. The van der Waals surface area contributed by atoms with Crippen LogP contribution in [0.2, 0.25) is 10.0 Å². The van der Waals surface area contributed by atoms with Crippen molar-refractivity contribution in [3.05, 3.63) is 93.2 Å². The molecule has 1 atom stereocenters. The number of carboxylic acid groups (broad SMARTS) is 1. The quantitative estimate of drug-likeness (QED) is 0.494. The van der Waals surface area contributed by atoms with E-state index in [9.17, 15) is 22.0 Å². The molecule has 0 saturated heterocycles. The van der Waals surface area contributed by atoms with Crippen LogP contribution in [0.1, 0.15) is 28.5 Å². The molecule has 2 aromatic carbocycles. The van der Waals surface area contributed by atoms with Gasteiger partial charge in [-0.3, -0.25) is 9.78 Å². The highest BCUT2D eigenvalue weighted by Crippen LogP contribution is 2.40. The Kier molecular flexibility index (Phi) is 6.93. The minimum absolute atomic E-state index is 0.00114. The van der Waals surface area contributed by atoms with Crippen molar-refractivity contribution in [1.29, 1.82) is 0 Å². The molecule has 0 amide bonds. The summed E-state index contributed by atoms with van der Waals surface area (Å²) >= 11 is 12.1. The summed E-state index contributed by atoms with van der Waals surface area (Å²) < 4.78 is 55.7. The maximum Gasteiger partial charge on any atom is 0.303 e. The van der Waals surface area contributed by atoms with E-state index in [1.54, 1.807) is 0 Å². The summed E-state index contributed by atoms with van der Waals surface area (Å²) in [4.78, 5) is 14.7. The predicted octanol–water partition coefficient (Wildman–Crippen LogP) is 5.25. The fourth-order valence-corrected chi connectivity index (χ4v) is 5.29. The summed E-state index contributed by atoms with van der Waals surface area (Å²) in [5, 5.41) is 7.40. The number of aromatic nitrogens is 1. The molecule has 0 aliphatic carbocycles. The Morgan fingerprint density at radius 1 is 1.03 bits per heavy atom. The molecule has 10 heteroatoms. The van der Waals surface area contributed by atoms with Gasteiger partial charge in [0.1, 0.15) is 16.9 Å². The summed E-state index contributed by atoms with van der Waals surface area (Å²) in [5.74, 6) is -2.84. The first-order chi connectivity index (χ1) is 14.6. The molecule has 162 valence electrons. The topological polar surface area (TPSA) is 84.3 Å². The van der Waals surface area contributed by atoms with Crippen molar-refractivity contribution in [2.75, 3.05) is 0 Å². The van der Waals surface area contributed by atoms with Crippen LogP contribution in [0.25, 0.3) is 0 Å². The van der Waals surface area contributed by atoms with Crippen molar-refractivity contribution < 1.29 is 27.1 Å². The first kappa shape index (κ1) is 23.1. The normalized spacial score (nSPS) is 12.5. The van der Waals surface area contributed by atoms with E-state index in [0.29, 0.717) is 5.02 Å². The Bertz CT molecular complexity index is 1230. The lowest BCUT2D eigenvalue weighted by Gasteiger charge is -2.21. The SMILES string of the molecule is O=C(O)CCc1cc(C(c2cc(F)ccc2F)S(=O)(=O)c2ccc(Cl)cc2)c(Cl)cn1. The highest BCUT2D eigenvalue weighted by molar-refractivity contribution is 7.92. The molecule has 3 rings (SSSR count). The third kappa shape index (κ3) is 5.20. The van der Waals surface area contributed by atoms with E-state index in [1.807, 2.05) is 0 Å². The first-order valence-electron chi connectivity index (χ1n) is 8.90. The van der Waals surface area contributed by atoms with Gasteiger partial charge in [0.25, 0.3) is 0 Å². The Morgan fingerprint density at radius 2 is 1.71 bits per heavy atom. The van der Waals surface area contributed by atoms with Crippen molar-refractivity contribution in [2.24, 2.45) is 0 Å². The first-order valence-corrected chi connectivity index (χ1v) is 11.2. The number of rotatable bonds is 7.